The zero-order valence-electron chi connectivity index (χ0n) is 24.2. The molecule has 6 rings (SSSR count). The molecule has 0 spiro atoms. The minimum atomic E-state index is -4.02. The number of hydrogen-bond acceptors (Lipinski definition) is 7. The Kier molecular flexibility index (Phi) is 8.72. The van der Waals surface area contributed by atoms with Crippen LogP contribution in [0.25, 0.3) is 11.3 Å². The number of para-hydroxylation sites is 1. The molecule has 2 fully saturated rings. The largest absolute Gasteiger partial charge is 0.366 e. The number of halogens is 3. The molecule has 45 heavy (non-hydrogen) atoms. The van der Waals surface area contributed by atoms with Gasteiger partial charge in [0.1, 0.15) is 23.5 Å². The van der Waals surface area contributed by atoms with Crippen molar-refractivity contribution in [2.75, 3.05) is 42.5 Å². The minimum absolute atomic E-state index is 0.0497. The van der Waals surface area contributed by atoms with Crippen LogP contribution in [0.3, 0.4) is 0 Å². The number of sulfonamides is 1. The summed E-state index contributed by atoms with van der Waals surface area (Å²) in [4.78, 5) is 26.4. The second-order valence-electron chi connectivity index (χ2n) is 10.9. The van der Waals surface area contributed by atoms with Crippen LogP contribution in [0.15, 0.2) is 83.8 Å². The Morgan fingerprint density at radius 1 is 0.822 bits per heavy atom. The quantitative estimate of drug-likeness (QED) is 0.307. The van der Waals surface area contributed by atoms with Gasteiger partial charge in [0.15, 0.2) is 0 Å². The highest BCUT2D eigenvalue weighted by atomic mass is 32.2. The molecule has 0 saturated carbocycles. The highest BCUT2D eigenvalue weighted by Gasteiger charge is 2.39. The molecule has 0 radical (unpaired) electrons. The molecule has 9 nitrogen and oxygen atoms in total. The molecular formula is C32H31F3N6O3S. The number of benzene rings is 3. The monoisotopic (exact) mass is 636 g/mol. The van der Waals surface area contributed by atoms with E-state index in [1.165, 1.54) is 24.3 Å². The number of piperazine rings is 1. The van der Waals surface area contributed by atoms with E-state index in [0.29, 0.717) is 62.0 Å². The third-order valence-corrected chi connectivity index (χ3v) is 9.97. The first-order valence-corrected chi connectivity index (χ1v) is 16.1. The van der Waals surface area contributed by atoms with Gasteiger partial charge in [-0.1, -0.05) is 24.3 Å². The van der Waals surface area contributed by atoms with Crippen molar-refractivity contribution in [1.29, 1.82) is 0 Å². The van der Waals surface area contributed by atoms with Gasteiger partial charge in [0.25, 0.3) is 0 Å². The molecule has 2 aliphatic rings. The SMILES string of the molecule is O=C(NCc1cc(-c2ccccc2F)nc(N2CCN(c3ccccc3F)CC2)n1)C1CCCN1S(=O)(=O)c1ccc(F)cc1. The van der Waals surface area contributed by atoms with E-state index in [-0.39, 0.29) is 29.4 Å². The smallest absolute Gasteiger partial charge is 0.243 e. The Hall–Kier alpha value is -4.49. The number of carbonyl (C=O) groups excluding carboxylic acids is 1. The summed E-state index contributed by atoms with van der Waals surface area (Å²) < 4.78 is 70.3. The maximum absolute atomic E-state index is 14.8. The standard InChI is InChI=1S/C32H31F3N6O3S/c33-22-11-13-24(14-12-22)45(43,44)41-15-5-10-30(41)31(42)36-21-23-20-28(25-6-1-2-7-26(25)34)38-32(37-23)40-18-16-39(17-19-40)29-9-4-3-8-27(29)35/h1-4,6-9,11-14,20,30H,5,10,15-19,21H2,(H,36,42). The second kappa shape index (κ2) is 12.9. The molecule has 2 aliphatic heterocycles. The molecular weight excluding hydrogens is 605 g/mol. The fourth-order valence-corrected chi connectivity index (χ4v) is 7.36. The van der Waals surface area contributed by atoms with Gasteiger partial charge < -0.3 is 15.1 Å². The normalized spacial score (nSPS) is 17.4. The third kappa shape index (κ3) is 6.50. The van der Waals surface area contributed by atoms with Gasteiger partial charge in [0.2, 0.25) is 21.9 Å². The predicted molar refractivity (Wildman–Crippen MR) is 163 cm³/mol. The first-order chi connectivity index (χ1) is 21.7. The maximum Gasteiger partial charge on any atom is 0.243 e. The number of carbonyl (C=O) groups is 1. The Labute approximate surface area is 259 Å². The van der Waals surface area contributed by atoms with Crippen molar-refractivity contribution in [2.24, 2.45) is 0 Å². The fraction of sp³-hybridized carbons (Fsp3) is 0.281. The molecule has 1 amide bonds. The Bertz CT molecular complexity index is 1800. The van der Waals surface area contributed by atoms with E-state index in [1.54, 1.807) is 42.5 Å². The van der Waals surface area contributed by atoms with E-state index in [9.17, 15) is 26.4 Å². The van der Waals surface area contributed by atoms with Crippen LogP contribution in [-0.4, -0.2) is 67.4 Å². The van der Waals surface area contributed by atoms with E-state index < -0.39 is 33.6 Å². The van der Waals surface area contributed by atoms with Gasteiger partial charge >= 0.3 is 0 Å². The Morgan fingerprint density at radius 3 is 2.20 bits per heavy atom. The molecule has 3 aromatic carbocycles. The zero-order valence-corrected chi connectivity index (χ0v) is 25.1. The summed E-state index contributed by atoms with van der Waals surface area (Å²) in [5.74, 6) is -1.48. The van der Waals surface area contributed by atoms with Crippen LogP contribution in [0.2, 0.25) is 0 Å². The van der Waals surface area contributed by atoms with Crippen LogP contribution in [0, 0.1) is 17.5 Å². The molecule has 3 heterocycles. The van der Waals surface area contributed by atoms with Gasteiger partial charge in [0.05, 0.1) is 28.5 Å². The van der Waals surface area contributed by atoms with E-state index >= 15 is 0 Å². The molecule has 1 atom stereocenters. The highest BCUT2D eigenvalue weighted by Crippen LogP contribution is 2.28. The second-order valence-corrected chi connectivity index (χ2v) is 12.8. The highest BCUT2D eigenvalue weighted by molar-refractivity contribution is 7.89. The summed E-state index contributed by atoms with van der Waals surface area (Å²) in [7, 11) is -4.02. The zero-order chi connectivity index (χ0) is 31.6. The molecule has 13 heteroatoms. The predicted octanol–water partition coefficient (Wildman–Crippen LogP) is 4.36. The van der Waals surface area contributed by atoms with Gasteiger partial charge in [0, 0.05) is 38.3 Å². The lowest BCUT2D eigenvalue weighted by Crippen LogP contribution is -2.47. The molecule has 234 valence electrons. The minimum Gasteiger partial charge on any atom is -0.366 e. The van der Waals surface area contributed by atoms with Crippen LogP contribution in [-0.2, 0) is 21.4 Å². The average molecular weight is 637 g/mol. The molecule has 4 aromatic rings. The summed E-state index contributed by atoms with van der Waals surface area (Å²) in [5, 5.41) is 2.80. The Morgan fingerprint density at radius 2 is 1.49 bits per heavy atom. The van der Waals surface area contributed by atoms with Gasteiger partial charge in [-0.3, -0.25) is 4.79 Å². The number of amides is 1. The lowest BCUT2D eigenvalue weighted by Gasteiger charge is -2.36. The Balaban J connectivity index is 1.21. The van der Waals surface area contributed by atoms with Gasteiger partial charge in [-0.15, -0.1) is 0 Å². The third-order valence-electron chi connectivity index (χ3n) is 8.04. The summed E-state index contributed by atoms with van der Waals surface area (Å²) >= 11 is 0. The molecule has 1 aromatic heterocycles. The summed E-state index contributed by atoms with van der Waals surface area (Å²) in [6.07, 6.45) is 0.820. The van der Waals surface area contributed by atoms with E-state index in [0.717, 1.165) is 16.4 Å². The van der Waals surface area contributed by atoms with Crippen LogP contribution in [0.5, 0.6) is 0 Å². The van der Waals surface area contributed by atoms with Gasteiger partial charge in [-0.05, 0) is 67.4 Å². The molecule has 1 N–H and O–H groups in total. The number of rotatable bonds is 8. The van der Waals surface area contributed by atoms with Crippen molar-refractivity contribution in [2.45, 2.75) is 30.3 Å². The van der Waals surface area contributed by atoms with Crippen molar-refractivity contribution in [3.63, 3.8) is 0 Å². The first kappa shape index (κ1) is 30.5. The molecule has 0 bridgehead atoms. The van der Waals surface area contributed by atoms with Crippen molar-refractivity contribution >= 4 is 27.6 Å². The van der Waals surface area contributed by atoms with Crippen molar-refractivity contribution < 1.29 is 26.4 Å². The van der Waals surface area contributed by atoms with Crippen LogP contribution in [0.4, 0.5) is 24.8 Å². The van der Waals surface area contributed by atoms with Crippen LogP contribution >= 0.6 is 0 Å². The van der Waals surface area contributed by atoms with Crippen molar-refractivity contribution in [1.82, 2.24) is 19.6 Å². The van der Waals surface area contributed by atoms with Crippen molar-refractivity contribution in [3.05, 3.63) is 102 Å². The maximum atomic E-state index is 14.8. The number of hydrogen-bond donors (Lipinski definition) is 1. The van der Waals surface area contributed by atoms with E-state index in [2.05, 4.69) is 15.3 Å². The average Bonchev–Trinajstić information content (AvgIpc) is 3.56. The number of anilines is 2. The summed E-state index contributed by atoms with van der Waals surface area (Å²) in [6.45, 7) is 2.11. The number of aromatic nitrogens is 2. The topological polar surface area (TPSA) is 98.7 Å². The van der Waals surface area contributed by atoms with E-state index in [1.807, 2.05) is 9.80 Å². The van der Waals surface area contributed by atoms with Crippen molar-refractivity contribution in [3.8, 4) is 11.3 Å². The molecule has 2 saturated heterocycles. The summed E-state index contributed by atoms with van der Waals surface area (Å²) in [6, 6.07) is 18.0. The molecule has 1 unspecified atom stereocenters. The van der Waals surface area contributed by atoms with Crippen LogP contribution in [0.1, 0.15) is 18.5 Å². The lowest BCUT2D eigenvalue weighted by molar-refractivity contribution is -0.124. The molecule has 0 aliphatic carbocycles. The van der Waals surface area contributed by atoms with E-state index in [4.69, 9.17) is 0 Å². The van der Waals surface area contributed by atoms with Gasteiger partial charge in [-0.25, -0.2) is 31.6 Å². The first-order valence-electron chi connectivity index (χ1n) is 14.6. The summed E-state index contributed by atoms with van der Waals surface area (Å²) in [5.41, 5.74) is 1.53. The number of nitrogens with zero attached hydrogens (tertiary/aromatic N) is 5. The lowest BCUT2D eigenvalue weighted by atomic mass is 10.1. The number of nitrogens with one attached hydrogen (secondary N) is 1. The fourth-order valence-electron chi connectivity index (χ4n) is 5.71. The van der Waals surface area contributed by atoms with Crippen LogP contribution < -0.4 is 15.1 Å². The van der Waals surface area contributed by atoms with Gasteiger partial charge in [-0.2, -0.15) is 4.31 Å².